The highest BCUT2D eigenvalue weighted by Crippen LogP contribution is 2.26. The first-order valence-electron chi connectivity index (χ1n) is 10.6. The minimum atomic E-state index is -0.0698. The summed E-state index contributed by atoms with van der Waals surface area (Å²) in [5.41, 5.74) is 3.12. The van der Waals surface area contributed by atoms with Crippen LogP contribution in [0.4, 0.5) is 5.82 Å². The quantitative estimate of drug-likeness (QED) is 0.632. The molecule has 0 bridgehead atoms. The fourth-order valence-corrected chi connectivity index (χ4v) is 4.20. The number of halogens is 1. The van der Waals surface area contributed by atoms with Crippen LogP contribution in [0.2, 0.25) is 5.02 Å². The van der Waals surface area contributed by atoms with Crippen molar-refractivity contribution in [1.82, 2.24) is 15.1 Å². The van der Waals surface area contributed by atoms with E-state index in [0.29, 0.717) is 6.54 Å². The predicted molar refractivity (Wildman–Crippen MR) is 122 cm³/mol. The molecular formula is C24H27ClN4O. The smallest absolute Gasteiger partial charge is 0.230 e. The lowest BCUT2D eigenvalue weighted by Gasteiger charge is -2.26. The number of anilines is 1. The van der Waals surface area contributed by atoms with Crippen LogP contribution in [0.25, 0.3) is 11.3 Å². The van der Waals surface area contributed by atoms with E-state index < -0.39 is 0 Å². The Morgan fingerprint density at radius 1 is 1.07 bits per heavy atom. The van der Waals surface area contributed by atoms with Crippen molar-refractivity contribution in [3.8, 4) is 11.3 Å². The average molecular weight is 423 g/mol. The molecule has 3 aromatic rings. The van der Waals surface area contributed by atoms with Gasteiger partial charge in [-0.3, -0.25) is 9.89 Å². The molecule has 1 aliphatic heterocycles. The zero-order valence-corrected chi connectivity index (χ0v) is 18.0. The minimum absolute atomic E-state index is 0.0698. The van der Waals surface area contributed by atoms with E-state index in [0.717, 1.165) is 60.1 Å². The first-order valence-corrected chi connectivity index (χ1v) is 10.9. The fourth-order valence-electron chi connectivity index (χ4n) is 4.08. The van der Waals surface area contributed by atoms with Crippen molar-refractivity contribution in [1.29, 1.82) is 0 Å². The molecule has 5 nitrogen and oxygen atoms in total. The molecule has 6 heteroatoms. The molecule has 2 heterocycles. The van der Waals surface area contributed by atoms with E-state index in [1.165, 1.54) is 0 Å². The molecule has 1 saturated heterocycles. The van der Waals surface area contributed by atoms with Gasteiger partial charge in [0, 0.05) is 37.3 Å². The Kier molecular flexibility index (Phi) is 6.38. The highest BCUT2D eigenvalue weighted by atomic mass is 35.5. The Hall–Kier alpha value is -2.79. The molecule has 1 amide bonds. The standard InChI is InChI=1S/C24H27ClN4O/c1-2-21(18-7-4-3-5-8-18)24(30)29-14-6-13-28(15-16-29)23-17-22(26-27-23)19-9-11-20(25)12-10-19/h3-5,7-12,17,21H,2,6,13-16H2,1H3,(H,26,27)/t21-/m1/s1. The second kappa shape index (κ2) is 9.35. The number of nitrogens with one attached hydrogen (secondary N) is 1. The van der Waals surface area contributed by atoms with Crippen molar-refractivity contribution in [3.63, 3.8) is 0 Å². The van der Waals surface area contributed by atoms with E-state index in [1.807, 2.05) is 47.4 Å². The van der Waals surface area contributed by atoms with Crippen LogP contribution in [-0.4, -0.2) is 47.2 Å². The Balaban J connectivity index is 1.43. The van der Waals surface area contributed by atoms with Crippen LogP contribution in [0.1, 0.15) is 31.2 Å². The zero-order chi connectivity index (χ0) is 20.9. The van der Waals surface area contributed by atoms with Gasteiger partial charge in [0.2, 0.25) is 5.91 Å². The second-order valence-corrected chi connectivity index (χ2v) is 8.12. The predicted octanol–water partition coefficient (Wildman–Crippen LogP) is 4.96. The van der Waals surface area contributed by atoms with Gasteiger partial charge in [-0.2, -0.15) is 5.10 Å². The topological polar surface area (TPSA) is 52.2 Å². The monoisotopic (exact) mass is 422 g/mol. The summed E-state index contributed by atoms with van der Waals surface area (Å²) in [7, 11) is 0. The number of H-pyrrole nitrogens is 1. The number of carbonyl (C=O) groups is 1. The van der Waals surface area contributed by atoms with Gasteiger partial charge < -0.3 is 9.80 Å². The molecule has 1 N–H and O–H groups in total. The lowest BCUT2D eigenvalue weighted by atomic mass is 9.95. The minimum Gasteiger partial charge on any atom is -0.353 e. The molecule has 156 valence electrons. The molecule has 1 aliphatic rings. The third-order valence-corrected chi connectivity index (χ3v) is 6.01. The van der Waals surface area contributed by atoms with Crippen LogP contribution in [-0.2, 0) is 4.79 Å². The largest absolute Gasteiger partial charge is 0.353 e. The molecule has 1 atom stereocenters. The van der Waals surface area contributed by atoms with Crippen LogP contribution in [0.15, 0.2) is 60.7 Å². The number of aromatic amines is 1. The molecule has 0 radical (unpaired) electrons. The number of aromatic nitrogens is 2. The number of amides is 1. The van der Waals surface area contributed by atoms with Crippen molar-refractivity contribution >= 4 is 23.3 Å². The van der Waals surface area contributed by atoms with E-state index in [9.17, 15) is 4.79 Å². The SMILES string of the molecule is CC[C@@H](C(=O)N1CCCN(c2cc(-c3ccc(Cl)cc3)[nH]n2)CC1)c1ccccc1. The Morgan fingerprint density at radius 3 is 2.57 bits per heavy atom. The maximum atomic E-state index is 13.2. The molecule has 0 unspecified atom stereocenters. The molecule has 0 spiro atoms. The maximum Gasteiger partial charge on any atom is 0.230 e. The molecule has 30 heavy (non-hydrogen) atoms. The summed E-state index contributed by atoms with van der Waals surface area (Å²) in [6.07, 6.45) is 1.74. The lowest BCUT2D eigenvalue weighted by molar-refractivity contribution is -0.132. The number of nitrogens with zero attached hydrogens (tertiary/aromatic N) is 3. The number of hydrogen-bond donors (Lipinski definition) is 1. The van der Waals surface area contributed by atoms with Gasteiger partial charge >= 0.3 is 0 Å². The van der Waals surface area contributed by atoms with Crippen LogP contribution < -0.4 is 4.90 Å². The van der Waals surface area contributed by atoms with Crippen LogP contribution in [0, 0.1) is 0 Å². The van der Waals surface area contributed by atoms with Gasteiger partial charge in [0.15, 0.2) is 5.82 Å². The fraction of sp³-hybridized carbons (Fsp3) is 0.333. The molecule has 1 fully saturated rings. The van der Waals surface area contributed by atoms with E-state index in [4.69, 9.17) is 11.6 Å². The molecule has 1 aromatic heterocycles. The number of rotatable bonds is 5. The zero-order valence-electron chi connectivity index (χ0n) is 17.2. The van der Waals surface area contributed by atoms with Gasteiger partial charge in [0.05, 0.1) is 11.6 Å². The highest BCUT2D eigenvalue weighted by molar-refractivity contribution is 6.30. The van der Waals surface area contributed by atoms with Gasteiger partial charge in [0.25, 0.3) is 0 Å². The average Bonchev–Trinajstić information content (AvgIpc) is 3.13. The molecule has 4 rings (SSSR count). The van der Waals surface area contributed by atoms with Crippen molar-refractivity contribution in [2.75, 3.05) is 31.1 Å². The summed E-state index contributed by atoms with van der Waals surface area (Å²) >= 11 is 5.99. The van der Waals surface area contributed by atoms with Crippen molar-refractivity contribution in [2.45, 2.75) is 25.7 Å². The highest BCUT2D eigenvalue weighted by Gasteiger charge is 2.26. The third kappa shape index (κ3) is 4.51. The normalized spacial score (nSPS) is 15.7. The van der Waals surface area contributed by atoms with Gasteiger partial charge in [0.1, 0.15) is 0 Å². The summed E-state index contributed by atoms with van der Waals surface area (Å²) in [4.78, 5) is 17.5. The van der Waals surface area contributed by atoms with E-state index >= 15 is 0 Å². The molecule has 0 aliphatic carbocycles. The third-order valence-electron chi connectivity index (χ3n) is 5.76. The van der Waals surface area contributed by atoms with Crippen molar-refractivity contribution in [2.24, 2.45) is 0 Å². The van der Waals surface area contributed by atoms with Crippen molar-refractivity contribution < 1.29 is 4.79 Å². The Morgan fingerprint density at radius 2 is 1.83 bits per heavy atom. The summed E-state index contributed by atoms with van der Waals surface area (Å²) in [6.45, 7) is 5.25. The summed E-state index contributed by atoms with van der Waals surface area (Å²) in [5.74, 6) is 1.08. The molecular weight excluding hydrogens is 396 g/mol. The molecule has 2 aromatic carbocycles. The van der Waals surface area contributed by atoms with Gasteiger partial charge in [-0.05, 0) is 36.1 Å². The molecule has 0 saturated carbocycles. The first-order chi connectivity index (χ1) is 14.7. The summed E-state index contributed by atoms with van der Waals surface area (Å²) in [5, 5.41) is 8.36. The van der Waals surface area contributed by atoms with Crippen LogP contribution >= 0.6 is 11.6 Å². The van der Waals surface area contributed by atoms with E-state index in [2.05, 4.69) is 40.2 Å². The summed E-state index contributed by atoms with van der Waals surface area (Å²) < 4.78 is 0. The Labute approximate surface area is 182 Å². The Bertz CT molecular complexity index is 970. The second-order valence-electron chi connectivity index (χ2n) is 7.68. The maximum absolute atomic E-state index is 13.2. The number of hydrogen-bond acceptors (Lipinski definition) is 3. The van der Waals surface area contributed by atoms with Gasteiger partial charge in [-0.25, -0.2) is 0 Å². The lowest BCUT2D eigenvalue weighted by Crippen LogP contribution is -2.38. The van der Waals surface area contributed by atoms with E-state index in [1.54, 1.807) is 0 Å². The van der Waals surface area contributed by atoms with Gasteiger partial charge in [-0.1, -0.05) is 61.0 Å². The number of benzene rings is 2. The van der Waals surface area contributed by atoms with E-state index in [-0.39, 0.29) is 11.8 Å². The van der Waals surface area contributed by atoms with Crippen LogP contribution in [0.5, 0.6) is 0 Å². The number of carbonyl (C=O) groups excluding carboxylic acids is 1. The summed E-state index contributed by atoms with van der Waals surface area (Å²) in [6, 6.07) is 19.9. The first kappa shape index (κ1) is 20.5. The van der Waals surface area contributed by atoms with Gasteiger partial charge in [-0.15, -0.1) is 0 Å². The van der Waals surface area contributed by atoms with Crippen LogP contribution in [0.3, 0.4) is 0 Å². The van der Waals surface area contributed by atoms with Crippen molar-refractivity contribution in [3.05, 3.63) is 71.2 Å².